The van der Waals surface area contributed by atoms with Gasteiger partial charge in [0.25, 0.3) is 0 Å². The summed E-state index contributed by atoms with van der Waals surface area (Å²) in [6.07, 6.45) is 1.82. The van der Waals surface area contributed by atoms with Crippen molar-refractivity contribution in [1.82, 2.24) is 5.43 Å². The van der Waals surface area contributed by atoms with Gasteiger partial charge in [0.2, 0.25) is 0 Å². The van der Waals surface area contributed by atoms with Crippen LogP contribution in [0.5, 0.6) is 5.75 Å². The van der Waals surface area contributed by atoms with Crippen LogP contribution in [0, 0.1) is 3.57 Å². The van der Waals surface area contributed by atoms with Gasteiger partial charge in [0.1, 0.15) is 12.4 Å². The first-order chi connectivity index (χ1) is 14.7. The van der Waals surface area contributed by atoms with Gasteiger partial charge in [-0.05, 0) is 68.8 Å². The molecule has 0 amide bonds. The van der Waals surface area contributed by atoms with Gasteiger partial charge in [-0.1, -0.05) is 72.3 Å². The van der Waals surface area contributed by atoms with E-state index < -0.39 is 0 Å². The Morgan fingerprint density at radius 3 is 2.50 bits per heavy atom. The highest BCUT2D eigenvalue weighted by Gasteiger charge is 2.08. The number of halogens is 2. The van der Waals surface area contributed by atoms with E-state index in [1.165, 1.54) is 3.57 Å². The number of nitrogens with one attached hydrogen (secondary N) is 1. The van der Waals surface area contributed by atoms with E-state index in [2.05, 4.69) is 75.6 Å². The molecule has 0 aromatic heterocycles. The lowest BCUT2D eigenvalue weighted by molar-refractivity contribution is 0.306. The Hall–Kier alpha value is -2.57. The van der Waals surface area contributed by atoms with Crippen molar-refractivity contribution in [3.05, 3.63) is 110 Å². The van der Waals surface area contributed by atoms with Crippen LogP contribution in [0.15, 0.2) is 90.0 Å². The van der Waals surface area contributed by atoms with Gasteiger partial charge in [-0.2, -0.15) is 5.10 Å². The Morgan fingerprint density at radius 2 is 1.67 bits per heavy atom. The van der Waals surface area contributed by atoms with E-state index in [4.69, 9.17) is 16.3 Å². The Labute approximate surface area is 194 Å². The topological polar surface area (TPSA) is 33.6 Å². The van der Waals surface area contributed by atoms with Crippen LogP contribution < -0.4 is 10.2 Å². The molecule has 0 heterocycles. The van der Waals surface area contributed by atoms with Gasteiger partial charge in [-0.3, -0.25) is 0 Å². The Morgan fingerprint density at radius 1 is 0.900 bits per heavy atom. The quantitative estimate of drug-likeness (QED) is 0.163. The molecular formula is C25H20ClIN2O. The van der Waals surface area contributed by atoms with Crippen molar-refractivity contribution in [2.75, 3.05) is 0 Å². The normalized spacial score (nSPS) is 11.1. The monoisotopic (exact) mass is 526 g/mol. The Bertz CT molecular complexity index is 1180. The first-order valence-electron chi connectivity index (χ1n) is 9.59. The SMILES string of the molecule is Clc1ccccc1CN/N=C\c1c(OCc2ccc(I)cc2)ccc2ccccc12. The number of benzene rings is 4. The van der Waals surface area contributed by atoms with Crippen molar-refractivity contribution in [2.24, 2.45) is 5.10 Å². The van der Waals surface area contributed by atoms with Crippen LogP contribution in [0.1, 0.15) is 16.7 Å². The van der Waals surface area contributed by atoms with Gasteiger partial charge in [0.05, 0.1) is 12.8 Å². The van der Waals surface area contributed by atoms with Crippen molar-refractivity contribution < 1.29 is 4.74 Å². The molecule has 5 heteroatoms. The molecule has 0 atom stereocenters. The van der Waals surface area contributed by atoms with Crippen molar-refractivity contribution in [3.8, 4) is 5.75 Å². The van der Waals surface area contributed by atoms with E-state index in [1.54, 1.807) is 0 Å². The first-order valence-corrected chi connectivity index (χ1v) is 11.0. The van der Waals surface area contributed by atoms with Crippen molar-refractivity contribution in [2.45, 2.75) is 13.2 Å². The van der Waals surface area contributed by atoms with Crippen LogP contribution in [0.4, 0.5) is 0 Å². The summed E-state index contributed by atoms with van der Waals surface area (Å²) in [6.45, 7) is 1.06. The highest BCUT2D eigenvalue weighted by Crippen LogP contribution is 2.27. The van der Waals surface area contributed by atoms with E-state index in [-0.39, 0.29) is 0 Å². The van der Waals surface area contributed by atoms with Crippen LogP contribution in [0.2, 0.25) is 5.02 Å². The van der Waals surface area contributed by atoms with Crippen LogP contribution in [0.25, 0.3) is 10.8 Å². The summed E-state index contributed by atoms with van der Waals surface area (Å²) in [5.41, 5.74) is 6.17. The molecule has 30 heavy (non-hydrogen) atoms. The minimum atomic E-state index is 0.503. The molecule has 0 fully saturated rings. The molecule has 3 nitrogen and oxygen atoms in total. The second-order valence-electron chi connectivity index (χ2n) is 6.80. The number of ether oxygens (including phenoxy) is 1. The maximum atomic E-state index is 6.22. The largest absolute Gasteiger partial charge is 0.488 e. The molecule has 1 N–H and O–H groups in total. The molecular weight excluding hydrogens is 507 g/mol. The third kappa shape index (κ3) is 5.12. The van der Waals surface area contributed by atoms with Crippen LogP contribution >= 0.6 is 34.2 Å². The van der Waals surface area contributed by atoms with E-state index in [1.807, 2.05) is 48.7 Å². The molecule has 0 radical (unpaired) electrons. The van der Waals surface area contributed by atoms with Crippen molar-refractivity contribution in [3.63, 3.8) is 0 Å². The standard InChI is InChI=1S/C25H20ClIN2O/c26-24-8-4-2-6-20(24)15-28-29-16-23-22-7-3-1-5-19(22)11-14-25(23)30-17-18-9-12-21(27)13-10-18/h1-14,16,28H,15,17H2/b29-16-. The zero-order chi connectivity index (χ0) is 20.8. The smallest absolute Gasteiger partial charge is 0.129 e. The molecule has 0 saturated carbocycles. The van der Waals surface area contributed by atoms with Gasteiger partial charge in [-0.25, -0.2) is 0 Å². The van der Waals surface area contributed by atoms with Crippen LogP contribution in [-0.2, 0) is 13.2 Å². The predicted octanol–water partition coefficient (Wildman–Crippen LogP) is 6.80. The number of hydrogen-bond acceptors (Lipinski definition) is 3. The third-order valence-corrected chi connectivity index (χ3v) is 5.84. The fraction of sp³-hybridized carbons (Fsp3) is 0.0800. The average Bonchev–Trinajstić information content (AvgIpc) is 2.78. The maximum Gasteiger partial charge on any atom is 0.129 e. The lowest BCUT2D eigenvalue weighted by Gasteiger charge is -2.12. The van der Waals surface area contributed by atoms with Crippen molar-refractivity contribution in [1.29, 1.82) is 0 Å². The Balaban J connectivity index is 1.55. The lowest BCUT2D eigenvalue weighted by Crippen LogP contribution is -2.07. The fourth-order valence-corrected chi connectivity index (χ4v) is 3.72. The molecule has 0 aliphatic carbocycles. The lowest BCUT2D eigenvalue weighted by atomic mass is 10.0. The molecule has 4 aromatic rings. The van der Waals surface area contributed by atoms with Gasteiger partial charge in [-0.15, -0.1) is 0 Å². The number of hydrogen-bond donors (Lipinski definition) is 1. The van der Waals surface area contributed by atoms with Gasteiger partial charge >= 0.3 is 0 Å². The van der Waals surface area contributed by atoms with Crippen molar-refractivity contribution >= 4 is 51.2 Å². The molecule has 0 aliphatic rings. The number of hydrazone groups is 1. The fourth-order valence-electron chi connectivity index (χ4n) is 3.16. The molecule has 4 aromatic carbocycles. The molecule has 0 unspecified atom stereocenters. The summed E-state index contributed by atoms with van der Waals surface area (Å²) in [5.74, 6) is 0.801. The van der Waals surface area contributed by atoms with Crippen LogP contribution in [-0.4, -0.2) is 6.21 Å². The average molecular weight is 527 g/mol. The highest BCUT2D eigenvalue weighted by atomic mass is 127. The summed E-state index contributed by atoms with van der Waals surface area (Å²) in [5, 5.41) is 7.41. The third-order valence-electron chi connectivity index (χ3n) is 4.75. The maximum absolute atomic E-state index is 6.22. The summed E-state index contributed by atoms with van der Waals surface area (Å²) in [4.78, 5) is 0. The zero-order valence-corrected chi connectivity index (χ0v) is 19.1. The molecule has 4 rings (SSSR count). The summed E-state index contributed by atoms with van der Waals surface area (Å²) < 4.78 is 7.37. The number of rotatable bonds is 7. The van der Waals surface area contributed by atoms with Gasteiger partial charge in [0.15, 0.2) is 0 Å². The van der Waals surface area contributed by atoms with E-state index in [0.717, 1.165) is 38.2 Å². The molecule has 0 saturated heterocycles. The zero-order valence-electron chi connectivity index (χ0n) is 16.2. The minimum Gasteiger partial charge on any atom is -0.488 e. The molecule has 0 spiro atoms. The summed E-state index contributed by atoms with van der Waals surface area (Å²) in [7, 11) is 0. The number of fused-ring (bicyclic) bond motifs is 1. The second-order valence-corrected chi connectivity index (χ2v) is 8.45. The Kier molecular flexibility index (Phi) is 6.87. The van der Waals surface area contributed by atoms with E-state index in [9.17, 15) is 0 Å². The molecule has 0 aliphatic heterocycles. The number of nitrogens with zero attached hydrogens (tertiary/aromatic N) is 1. The van der Waals surface area contributed by atoms with E-state index in [0.29, 0.717) is 13.2 Å². The summed E-state index contributed by atoms with van der Waals surface area (Å²) >= 11 is 8.52. The predicted molar refractivity (Wildman–Crippen MR) is 133 cm³/mol. The van der Waals surface area contributed by atoms with Gasteiger partial charge in [0, 0.05) is 14.2 Å². The van der Waals surface area contributed by atoms with Gasteiger partial charge < -0.3 is 10.2 Å². The second kappa shape index (κ2) is 9.96. The van der Waals surface area contributed by atoms with E-state index >= 15 is 0 Å². The minimum absolute atomic E-state index is 0.503. The molecule has 150 valence electrons. The molecule has 0 bridgehead atoms. The first kappa shape index (κ1) is 20.7. The van der Waals surface area contributed by atoms with Crippen LogP contribution in [0.3, 0.4) is 0 Å². The summed E-state index contributed by atoms with van der Waals surface area (Å²) in [6, 6.07) is 28.4. The highest BCUT2D eigenvalue weighted by molar-refractivity contribution is 14.1.